The van der Waals surface area contributed by atoms with Crippen LogP contribution in [0, 0.1) is 0 Å². The van der Waals surface area contributed by atoms with Gasteiger partial charge in [0.05, 0.1) is 12.0 Å². The normalized spacial score (nSPS) is 11.0. The third-order valence-electron chi connectivity index (χ3n) is 3.24. The number of rotatable bonds is 8. The number of nitrogens with zero attached hydrogens (tertiary/aromatic N) is 2. The first-order valence-corrected chi connectivity index (χ1v) is 10.8. The molecule has 0 fully saturated rings. The van der Waals surface area contributed by atoms with E-state index in [1.807, 2.05) is 48.5 Å². The number of carbonyl (C=O) groups is 1. The second-order valence-corrected chi connectivity index (χ2v) is 8.27. The van der Waals surface area contributed by atoms with Gasteiger partial charge in [-0.2, -0.15) is 5.10 Å². The number of hydrogen-bond donors (Lipinski definition) is 1. The Kier molecular flexibility index (Phi) is 7.55. The summed E-state index contributed by atoms with van der Waals surface area (Å²) in [5.74, 6) is 1.53. The number of hydrogen-bond acceptors (Lipinski definition) is 6. The first-order chi connectivity index (χ1) is 13.2. The summed E-state index contributed by atoms with van der Waals surface area (Å²) in [5, 5.41) is 5.50. The van der Waals surface area contributed by atoms with Crippen LogP contribution in [-0.2, 0) is 10.5 Å². The molecule has 0 radical (unpaired) electrons. The van der Waals surface area contributed by atoms with E-state index in [4.69, 9.17) is 4.42 Å². The van der Waals surface area contributed by atoms with Gasteiger partial charge in [0.2, 0.25) is 5.91 Å². The number of amides is 1. The van der Waals surface area contributed by atoms with Crippen molar-refractivity contribution in [1.29, 1.82) is 0 Å². The van der Waals surface area contributed by atoms with Crippen LogP contribution < -0.4 is 5.43 Å². The summed E-state index contributed by atoms with van der Waals surface area (Å²) in [5.41, 5.74) is 3.68. The fraction of sp³-hybridized carbons (Fsp3) is 0.105. The molecule has 27 heavy (non-hydrogen) atoms. The number of furan rings is 1. The Morgan fingerprint density at radius 2 is 2.04 bits per heavy atom. The minimum Gasteiger partial charge on any atom is -0.448 e. The monoisotopic (exact) mass is 461 g/mol. The van der Waals surface area contributed by atoms with Crippen molar-refractivity contribution in [2.75, 3.05) is 5.75 Å². The molecule has 1 aromatic carbocycles. The van der Waals surface area contributed by atoms with Crippen LogP contribution in [0.2, 0.25) is 0 Å². The van der Waals surface area contributed by atoms with Crippen molar-refractivity contribution in [3.8, 4) is 0 Å². The molecule has 2 heterocycles. The standard InChI is InChI=1S/C19H16BrN3O2S2/c20-15-6-4-14(5-7-15)12-26-13-17(24)23-22-11-16-8-9-19(25-16)27-18-3-1-2-10-21-18/h1-11H,12-13H2,(H,23,24). The van der Waals surface area contributed by atoms with Crippen molar-refractivity contribution < 1.29 is 9.21 Å². The predicted molar refractivity (Wildman–Crippen MR) is 113 cm³/mol. The number of nitrogens with one attached hydrogen (secondary N) is 1. The van der Waals surface area contributed by atoms with Crippen LogP contribution in [0.25, 0.3) is 0 Å². The molecule has 3 aromatic rings. The second-order valence-electron chi connectivity index (χ2n) is 5.34. The van der Waals surface area contributed by atoms with Gasteiger partial charge >= 0.3 is 0 Å². The highest BCUT2D eigenvalue weighted by molar-refractivity contribution is 9.10. The average Bonchev–Trinajstić information content (AvgIpc) is 3.11. The van der Waals surface area contributed by atoms with Gasteiger partial charge in [0.25, 0.3) is 0 Å². The molecule has 5 nitrogen and oxygen atoms in total. The lowest BCUT2D eigenvalue weighted by Gasteiger charge is -2.01. The van der Waals surface area contributed by atoms with Gasteiger partial charge in [-0.05, 0) is 53.7 Å². The van der Waals surface area contributed by atoms with Gasteiger partial charge in [-0.25, -0.2) is 10.4 Å². The van der Waals surface area contributed by atoms with E-state index in [9.17, 15) is 4.79 Å². The number of aromatic nitrogens is 1. The van der Waals surface area contributed by atoms with Crippen LogP contribution >= 0.6 is 39.5 Å². The van der Waals surface area contributed by atoms with Gasteiger partial charge in [0, 0.05) is 16.4 Å². The first-order valence-electron chi connectivity index (χ1n) is 8.02. The molecule has 138 valence electrons. The Balaban J connectivity index is 1.39. The zero-order chi connectivity index (χ0) is 18.9. The zero-order valence-electron chi connectivity index (χ0n) is 14.2. The van der Waals surface area contributed by atoms with Gasteiger partial charge in [-0.1, -0.05) is 34.1 Å². The minimum absolute atomic E-state index is 0.150. The Hall–Kier alpha value is -2.03. The van der Waals surface area contributed by atoms with Gasteiger partial charge in [0.1, 0.15) is 10.8 Å². The van der Waals surface area contributed by atoms with Crippen LogP contribution in [0.3, 0.4) is 0 Å². The number of hydrazone groups is 1. The average molecular weight is 462 g/mol. The molecule has 1 amide bonds. The van der Waals surface area contributed by atoms with E-state index < -0.39 is 0 Å². The van der Waals surface area contributed by atoms with Crippen molar-refractivity contribution in [3.05, 3.63) is 76.6 Å². The van der Waals surface area contributed by atoms with Crippen LogP contribution in [-0.4, -0.2) is 22.9 Å². The molecule has 3 rings (SSSR count). The number of carbonyl (C=O) groups excluding carboxylic acids is 1. The maximum absolute atomic E-state index is 11.8. The molecule has 0 aliphatic heterocycles. The van der Waals surface area contributed by atoms with Crippen molar-refractivity contribution >= 4 is 51.6 Å². The number of pyridine rings is 1. The van der Waals surface area contributed by atoms with E-state index in [-0.39, 0.29) is 5.91 Å². The smallest absolute Gasteiger partial charge is 0.250 e. The van der Waals surface area contributed by atoms with E-state index in [0.29, 0.717) is 16.6 Å². The van der Waals surface area contributed by atoms with Gasteiger partial charge in [-0.3, -0.25) is 4.79 Å². The van der Waals surface area contributed by atoms with Crippen LogP contribution in [0.5, 0.6) is 0 Å². The van der Waals surface area contributed by atoms with Crippen molar-refractivity contribution in [2.45, 2.75) is 15.9 Å². The van der Waals surface area contributed by atoms with E-state index in [1.54, 1.807) is 12.3 Å². The number of benzene rings is 1. The van der Waals surface area contributed by atoms with Gasteiger partial charge in [0.15, 0.2) is 5.09 Å². The summed E-state index contributed by atoms with van der Waals surface area (Å²) in [4.78, 5) is 16.1. The molecule has 0 atom stereocenters. The molecule has 0 saturated heterocycles. The van der Waals surface area contributed by atoms with E-state index >= 15 is 0 Å². The maximum Gasteiger partial charge on any atom is 0.250 e. The molecular weight excluding hydrogens is 446 g/mol. The quantitative estimate of drug-likeness (QED) is 0.378. The Morgan fingerprint density at radius 1 is 1.19 bits per heavy atom. The lowest BCUT2D eigenvalue weighted by Crippen LogP contribution is -2.19. The summed E-state index contributed by atoms with van der Waals surface area (Å²) in [6, 6.07) is 17.4. The highest BCUT2D eigenvalue weighted by Gasteiger charge is 2.04. The van der Waals surface area contributed by atoms with E-state index in [0.717, 1.165) is 15.3 Å². The van der Waals surface area contributed by atoms with E-state index in [2.05, 4.69) is 31.4 Å². The highest BCUT2D eigenvalue weighted by atomic mass is 79.9. The predicted octanol–water partition coefficient (Wildman–Crippen LogP) is 4.97. The molecule has 0 aliphatic carbocycles. The lowest BCUT2D eigenvalue weighted by atomic mass is 10.2. The van der Waals surface area contributed by atoms with Crippen LogP contribution in [0.1, 0.15) is 11.3 Å². The number of halogens is 1. The molecule has 0 bridgehead atoms. The lowest BCUT2D eigenvalue weighted by molar-refractivity contribution is -0.118. The summed E-state index contributed by atoms with van der Waals surface area (Å²) < 4.78 is 6.68. The molecule has 2 aromatic heterocycles. The molecular formula is C19H16BrN3O2S2. The van der Waals surface area contributed by atoms with Crippen molar-refractivity contribution in [2.24, 2.45) is 5.10 Å². The summed E-state index contributed by atoms with van der Waals surface area (Å²) in [7, 11) is 0. The molecule has 8 heteroatoms. The molecule has 0 aliphatic rings. The first kappa shape index (κ1) is 19.7. The summed E-state index contributed by atoms with van der Waals surface area (Å²) in [6.45, 7) is 0. The van der Waals surface area contributed by atoms with Crippen LogP contribution in [0.15, 0.2) is 84.9 Å². The topological polar surface area (TPSA) is 67.5 Å². The maximum atomic E-state index is 11.8. The van der Waals surface area contributed by atoms with Gasteiger partial charge in [-0.15, -0.1) is 11.8 Å². The Bertz CT molecular complexity index is 899. The fourth-order valence-corrected chi connectivity index (χ4v) is 3.80. The SMILES string of the molecule is O=C(CSCc1ccc(Br)cc1)NN=Cc1ccc(Sc2ccccn2)o1. The molecule has 0 saturated carbocycles. The summed E-state index contributed by atoms with van der Waals surface area (Å²) >= 11 is 6.37. The minimum atomic E-state index is -0.150. The Labute approximate surface area is 174 Å². The number of thioether (sulfide) groups is 1. The van der Waals surface area contributed by atoms with Crippen molar-refractivity contribution in [1.82, 2.24) is 10.4 Å². The second kappa shape index (κ2) is 10.3. The fourth-order valence-electron chi connectivity index (χ4n) is 2.01. The van der Waals surface area contributed by atoms with E-state index in [1.165, 1.54) is 35.3 Å². The third-order valence-corrected chi connectivity index (χ3v) is 5.64. The third kappa shape index (κ3) is 6.89. The summed E-state index contributed by atoms with van der Waals surface area (Å²) in [6.07, 6.45) is 3.22. The molecule has 0 spiro atoms. The zero-order valence-corrected chi connectivity index (χ0v) is 17.4. The Morgan fingerprint density at radius 3 is 2.81 bits per heavy atom. The van der Waals surface area contributed by atoms with Gasteiger partial charge < -0.3 is 4.42 Å². The largest absolute Gasteiger partial charge is 0.448 e. The molecule has 0 unspecified atom stereocenters. The van der Waals surface area contributed by atoms with Crippen molar-refractivity contribution in [3.63, 3.8) is 0 Å². The highest BCUT2D eigenvalue weighted by Crippen LogP contribution is 2.26. The molecule has 1 N–H and O–H groups in total. The van der Waals surface area contributed by atoms with Crippen LogP contribution in [0.4, 0.5) is 0 Å².